The van der Waals surface area contributed by atoms with Crippen molar-refractivity contribution in [3.63, 3.8) is 0 Å². The molecule has 0 spiro atoms. The van der Waals surface area contributed by atoms with Gasteiger partial charge in [-0.25, -0.2) is 0 Å². The van der Waals surface area contributed by atoms with Gasteiger partial charge in [-0.2, -0.15) is 0 Å². The van der Waals surface area contributed by atoms with Crippen LogP contribution in [0.4, 0.5) is 11.4 Å². The van der Waals surface area contributed by atoms with Gasteiger partial charge in [-0.15, -0.1) is 0 Å². The largest absolute Gasteiger partial charge is 0.495 e. The molecule has 1 atom stereocenters. The van der Waals surface area contributed by atoms with Crippen LogP contribution >= 0.6 is 0 Å². The highest BCUT2D eigenvalue weighted by molar-refractivity contribution is 5.64. The van der Waals surface area contributed by atoms with Crippen molar-refractivity contribution in [2.24, 2.45) is 5.92 Å². The van der Waals surface area contributed by atoms with Gasteiger partial charge >= 0.3 is 0 Å². The van der Waals surface area contributed by atoms with Crippen LogP contribution in [0.25, 0.3) is 0 Å². The smallest absolute Gasteiger partial charge is 0.144 e. The van der Waals surface area contributed by atoms with Crippen LogP contribution in [0, 0.1) is 5.92 Å². The number of aliphatic hydroxyl groups excluding tert-OH is 1. The summed E-state index contributed by atoms with van der Waals surface area (Å²) >= 11 is 0. The Kier molecular flexibility index (Phi) is 3.19. The summed E-state index contributed by atoms with van der Waals surface area (Å²) in [5, 5.41) is 9.12. The van der Waals surface area contributed by atoms with Crippen molar-refractivity contribution in [3.05, 3.63) is 18.2 Å². The van der Waals surface area contributed by atoms with Crippen LogP contribution in [0.1, 0.15) is 6.42 Å². The second kappa shape index (κ2) is 4.61. The van der Waals surface area contributed by atoms with E-state index in [0.29, 0.717) is 11.6 Å². The lowest BCUT2D eigenvalue weighted by Crippen LogP contribution is -2.21. The van der Waals surface area contributed by atoms with Gasteiger partial charge in [-0.3, -0.25) is 0 Å². The molecule has 2 rings (SSSR count). The molecule has 3 N–H and O–H groups in total. The lowest BCUT2D eigenvalue weighted by atomic mass is 10.1. The number of hydrogen-bond acceptors (Lipinski definition) is 4. The number of nitrogen functional groups attached to an aromatic ring is 1. The van der Waals surface area contributed by atoms with Gasteiger partial charge in [-0.05, 0) is 18.6 Å². The summed E-state index contributed by atoms with van der Waals surface area (Å²) < 4.78 is 5.32. The van der Waals surface area contributed by atoms with Crippen molar-refractivity contribution in [3.8, 4) is 5.75 Å². The molecule has 0 amide bonds. The molecule has 88 valence electrons. The number of methoxy groups -OCH3 is 1. The number of nitrogens with zero attached hydrogens (tertiary/aromatic N) is 1. The van der Waals surface area contributed by atoms with Gasteiger partial charge < -0.3 is 20.5 Å². The van der Waals surface area contributed by atoms with Crippen LogP contribution in [0.2, 0.25) is 0 Å². The summed E-state index contributed by atoms with van der Waals surface area (Å²) in [6.45, 7) is 2.11. The fourth-order valence-electron chi connectivity index (χ4n) is 2.16. The van der Waals surface area contributed by atoms with E-state index in [9.17, 15) is 0 Å². The molecule has 0 bridgehead atoms. The Bertz CT molecular complexity index is 368. The van der Waals surface area contributed by atoms with Crippen molar-refractivity contribution in [1.29, 1.82) is 0 Å². The minimum atomic E-state index is 0.258. The van der Waals surface area contributed by atoms with Crippen LogP contribution in [0.5, 0.6) is 5.75 Å². The predicted octanol–water partition coefficient (Wildman–Crippen LogP) is 1.10. The quantitative estimate of drug-likeness (QED) is 0.752. The van der Waals surface area contributed by atoms with Gasteiger partial charge in [0.1, 0.15) is 5.75 Å². The SMILES string of the molecule is COc1cc(N)ccc1N1CCC(CO)C1. The normalized spacial score (nSPS) is 20.1. The number of benzene rings is 1. The standard InChI is InChI=1S/C12H18N2O2/c1-16-12-6-10(13)2-3-11(12)14-5-4-9(7-14)8-15/h2-3,6,9,15H,4-5,7-8,13H2,1H3. The first-order chi connectivity index (χ1) is 7.74. The lowest BCUT2D eigenvalue weighted by Gasteiger charge is -2.21. The topological polar surface area (TPSA) is 58.7 Å². The molecule has 4 heteroatoms. The number of aliphatic hydroxyl groups is 1. The third kappa shape index (κ3) is 2.07. The molecule has 0 aliphatic carbocycles. The Morgan fingerprint density at radius 3 is 3.00 bits per heavy atom. The van der Waals surface area contributed by atoms with Crippen LogP contribution < -0.4 is 15.4 Å². The Morgan fingerprint density at radius 1 is 1.56 bits per heavy atom. The lowest BCUT2D eigenvalue weighted by molar-refractivity contribution is 0.238. The Labute approximate surface area is 95.6 Å². The van der Waals surface area contributed by atoms with E-state index in [4.69, 9.17) is 15.6 Å². The summed E-state index contributed by atoms with van der Waals surface area (Å²) in [6, 6.07) is 5.69. The van der Waals surface area contributed by atoms with E-state index in [0.717, 1.165) is 30.9 Å². The maximum absolute atomic E-state index is 9.12. The summed E-state index contributed by atoms with van der Waals surface area (Å²) in [5.41, 5.74) is 7.49. The molecule has 1 aliphatic heterocycles. The number of nitrogens with two attached hydrogens (primary N) is 1. The van der Waals surface area contributed by atoms with Crippen LogP contribution in [0.15, 0.2) is 18.2 Å². The van der Waals surface area contributed by atoms with Gasteiger partial charge in [-0.1, -0.05) is 0 Å². The third-order valence-electron chi connectivity index (χ3n) is 3.09. The molecule has 1 heterocycles. The maximum atomic E-state index is 9.12. The molecule has 1 aliphatic rings. The van der Waals surface area contributed by atoms with E-state index in [1.54, 1.807) is 7.11 Å². The minimum absolute atomic E-state index is 0.258. The summed E-state index contributed by atoms with van der Waals surface area (Å²) in [6.07, 6.45) is 1.03. The van der Waals surface area contributed by atoms with E-state index in [1.807, 2.05) is 18.2 Å². The zero-order valence-corrected chi connectivity index (χ0v) is 9.52. The zero-order chi connectivity index (χ0) is 11.5. The van der Waals surface area contributed by atoms with Crippen molar-refractivity contribution < 1.29 is 9.84 Å². The highest BCUT2D eigenvalue weighted by Crippen LogP contribution is 2.33. The van der Waals surface area contributed by atoms with E-state index >= 15 is 0 Å². The zero-order valence-electron chi connectivity index (χ0n) is 9.52. The first-order valence-corrected chi connectivity index (χ1v) is 5.54. The number of hydrogen-bond donors (Lipinski definition) is 2. The van der Waals surface area contributed by atoms with Crippen molar-refractivity contribution in [2.75, 3.05) is 37.4 Å². The van der Waals surface area contributed by atoms with Crippen molar-refractivity contribution in [2.45, 2.75) is 6.42 Å². The van der Waals surface area contributed by atoms with E-state index in [1.165, 1.54) is 0 Å². The summed E-state index contributed by atoms with van der Waals surface area (Å²) in [7, 11) is 1.65. The van der Waals surface area contributed by atoms with Gasteiger partial charge in [0.05, 0.1) is 12.8 Å². The van der Waals surface area contributed by atoms with Crippen LogP contribution in [-0.4, -0.2) is 31.9 Å². The molecule has 1 saturated heterocycles. The fraction of sp³-hybridized carbons (Fsp3) is 0.500. The maximum Gasteiger partial charge on any atom is 0.144 e. The molecule has 0 aromatic heterocycles. The Hall–Kier alpha value is -1.42. The highest BCUT2D eigenvalue weighted by atomic mass is 16.5. The first kappa shape index (κ1) is 11.1. The van der Waals surface area contributed by atoms with Gasteiger partial charge in [0.25, 0.3) is 0 Å². The van der Waals surface area contributed by atoms with Crippen molar-refractivity contribution >= 4 is 11.4 Å². The molecule has 1 aromatic rings. The molecule has 4 nitrogen and oxygen atoms in total. The molecular formula is C12H18N2O2. The van der Waals surface area contributed by atoms with Gasteiger partial charge in [0.15, 0.2) is 0 Å². The number of rotatable bonds is 3. The average Bonchev–Trinajstić information content (AvgIpc) is 2.77. The molecule has 0 radical (unpaired) electrons. The van der Waals surface area contributed by atoms with Crippen molar-refractivity contribution in [1.82, 2.24) is 0 Å². The van der Waals surface area contributed by atoms with E-state index < -0.39 is 0 Å². The Balaban J connectivity index is 2.20. The molecule has 16 heavy (non-hydrogen) atoms. The highest BCUT2D eigenvalue weighted by Gasteiger charge is 2.23. The summed E-state index contributed by atoms with van der Waals surface area (Å²) in [5.74, 6) is 1.18. The molecule has 1 fully saturated rings. The predicted molar refractivity (Wildman–Crippen MR) is 64.8 cm³/mol. The Morgan fingerprint density at radius 2 is 2.38 bits per heavy atom. The van der Waals surface area contributed by atoms with Gasteiger partial charge in [0, 0.05) is 37.4 Å². The second-order valence-corrected chi connectivity index (χ2v) is 4.21. The molecule has 0 saturated carbocycles. The molecular weight excluding hydrogens is 204 g/mol. The minimum Gasteiger partial charge on any atom is -0.495 e. The average molecular weight is 222 g/mol. The third-order valence-corrected chi connectivity index (χ3v) is 3.09. The number of anilines is 2. The fourth-order valence-corrected chi connectivity index (χ4v) is 2.16. The second-order valence-electron chi connectivity index (χ2n) is 4.21. The van der Waals surface area contributed by atoms with Gasteiger partial charge in [0.2, 0.25) is 0 Å². The number of ether oxygens (including phenoxy) is 1. The molecule has 1 aromatic carbocycles. The van der Waals surface area contributed by atoms with E-state index in [-0.39, 0.29) is 6.61 Å². The first-order valence-electron chi connectivity index (χ1n) is 5.54. The monoisotopic (exact) mass is 222 g/mol. The van der Waals surface area contributed by atoms with Crippen LogP contribution in [-0.2, 0) is 0 Å². The molecule has 1 unspecified atom stereocenters. The van der Waals surface area contributed by atoms with Crippen LogP contribution in [0.3, 0.4) is 0 Å². The summed E-state index contributed by atoms with van der Waals surface area (Å²) in [4.78, 5) is 2.24. The van der Waals surface area contributed by atoms with E-state index in [2.05, 4.69) is 4.90 Å².